The Morgan fingerprint density at radius 1 is 1.30 bits per heavy atom. The number of fused-ring (bicyclic) bond motifs is 1. The molecule has 0 radical (unpaired) electrons. The van der Waals surface area contributed by atoms with E-state index in [9.17, 15) is 0 Å². The summed E-state index contributed by atoms with van der Waals surface area (Å²) in [5.41, 5.74) is 7.59. The summed E-state index contributed by atoms with van der Waals surface area (Å²) >= 11 is 1.85. The van der Waals surface area contributed by atoms with E-state index in [0.29, 0.717) is 12.6 Å². The van der Waals surface area contributed by atoms with Crippen LogP contribution in [-0.2, 0) is 0 Å². The summed E-state index contributed by atoms with van der Waals surface area (Å²) in [6.07, 6.45) is 5.44. The molecule has 1 aliphatic rings. The Hall–Kier alpha value is -0.900. The Morgan fingerprint density at radius 3 is 2.75 bits per heavy atom. The second-order valence-electron chi connectivity index (χ2n) is 5.71. The highest BCUT2D eigenvalue weighted by molar-refractivity contribution is 7.17. The summed E-state index contributed by atoms with van der Waals surface area (Å²) in [5.74, 6) is 0. The van der Waals surface area contributed by atoms with Gasteiger partial charge in [-0.15, -0.1) is 11.3 Å². The van der Waals surface area contributed by atoms with Gasteiger partial charge in [0.2, 0.25) is 0 Å². The summed E-state index contributed by atoms with van der Waals surface area (Å²) in [4.78, 5) is 2.64. The molecule has 1 aromatic heterocycles. The fourth-order valence-electron chi connectivity index (χ4n) is 3.67. The van der Waals surface area contributed by atoms with E-state index in [4.69, 9.17) is 5.73 Å². The van der Waals surface area contributed by atoms with Gasteiger partial charge in [-0.25, -0.2) is 0 Å². The third-order valence-electron chi connectivity index (χ3n) is 4.65. The van der Waals surface area contributed by atoms with Crippen LogP contribution in [-0.4, -0.2) is 24.0 Å². The molecule has 1 saturated carbocycles. The zero-order valence-electron chi connectivity index (χ0n) is 12.2. The van der Waals surface area contributed by atoms with Gasteiger partial charge in [0.1, 0.15) is 0 Å². The maximum atomic E-state index is 6.16. The quantitative estimate of drug-likeness (QED) is 0.895. The highest BCUT2D eigenvalue weighted by Gasteiger charge is 2.28. The first-order chi connectivity index (χ1) is 9.85. The molecule has 0 bridgehead atoms. The van der Waals surface area contributed by atoms with Gasteiger partial charge in [-0.2, -0.15) is 0 Å². The molecule has 0 saturated heterocycles. The average Bonchev–Trinajstić information content (AvgIpc) is 3.14. The van der Waals surface area contributed by atoms with Gasteiger partial charge >= 0.3 is 0 Å². The second kappa shape index (κ2) is 6.25. The van der Waals surface area contributed by atoms with E-state index >= 15 is 0 Å². The lowest BCUT2D eigenvalue weighted by molar-refractivity contribution is 0.148. The van der Waals surface area contributed by atoms with Crippen LogP contribution in [0.3, 0.4) is 0 Å². The number of rotatable bonds is 5. The minimum absolute atomic E-state index is 0.374. The maximum Gasteiger partial charge on any atom is 0.0487 e. The van der Waals surface area contributed by atoms with Crippen molar-refractivity contribution in [3.63, 3.8) is 0 Å². The predicted molar refractivity (Wildman–Crippen MR) is 88.3 cm³/mol. The molecule has 0 aliphatic heterocycles. The van der Waals surface area contributed by atoms with Gasteiger partial charge in [-0.3, -0.25) is 4.90 Å². The molecule has 1 unspecified atom stereocenters. The summed E-state index contributed by atoms with van der Waals surface area (Å²) in [7, 11) is 0. The molecule has 108 valence electrons. The molecule has 2 nitrogen and oxygen atoms in total. The molecule has 0 amide bonds. The smallest absolute Gasteiger partial charge is 0.0487 e. The SMILES string of the molecule is CCN(C1CCCC1)C(CN)c1csc2ccccc12. The van der Waals surface area contributed by atoms with E-state index < -0.39 is 0 Å². The molecule has 0 spiro atoms. The topological polar surface area (TPSA) is 29.3 Å². The van der Waals surface area contributed by atoms with Crippen LogP contribution >= 0.6 is 11.3 Å². The molecule has 1 fully saturated rings. The molecule has 1 aliphatic carbocycles. The molecule has 1 heterocycles. The van der Waals surface area contributed by atoms with Crippen LogP contribution in [0.4, 0.5) is 0 Å². The molecular weight excluding hydrogens is 264 g/mol. The fraction of sp³-hybridized carbons (Fsp3) is 0.529. The number of nitrogens with two attached hydrogens (primary N) is 1. The zero-order chi connectivity index (χ0) is 13.9. The van der Waals surface area contributed by atoms with Gasteiger partial charge in [-0.1, -0.05) is 38.0 Å². The van der Waals surface area contributed by atoms with E-state index in [1.165, 1.54) is 41.3 Å². The van der Waals surface area contributed by atoms with Gasteiger partial charge in [0.15, 0.2) is 0 Å². The van der Waals surface area contributed by atoms with Crippen molar-refractivity contribution in [2.24, 2.45) is 5.73 Å². The van der Waals surface area contributed by atoms with Crippen molar-refractivity contribution >= 4 is 21.4 Å². The van der Waals surface area contributed by atoms with Crippen molar-refractivity contribution in [2.75, 3.05) is 13.1 Å². The lowest BCUT2D eigenvalue weighted by atomic mass is 10.0. The molecule has 1 aromatic carbocycles. The fourth-order valence-corrected chi connectivity index (χ4v) is 4.67. The summed E-state index contributed by atoms with van der Waals surface area (Å²) in [6.45, 7) is 4.08. The van der Waals surface area contributed by atoms with Crippen LogP contribution in [0.5, 0.6) is 0 Å². The molecule has 2 aromatic rings. The van der Waals surface area contributed by atoms with Crippen molar-refractivity contribution in [3.8, 4) is 0 Å². The van der Waals surface area contributed by atoms with Crippen molar-refractivity contribution in [2.45, 2.75) is 44.7 Å². The van der Waals surface area contributed by atoms with Gasteiger partial charge < -0.3 is 5.73 Å². The monoisotopic (exact) mass is 288 g/mol. The Bertz CT molecular complexity index is 557. The Kier molecular flexibility index (Phi) is 4.39. The molecule has 2 N–H and O–H groups in total. The highest BCUT2D eigenvalue weighted by Crippen LogP contribution is 2.36. The van der Waals surface area contributed by atoms with Crippen molar-refractivity contribution in [1.29, 1.82) is 0 Å². The molecular formula is C17H24N2S. The Balaban J connectivity index is 1.95. The van der Waals surface area contributed by atoms with E-state index in [2.05, 4.69) is 41.5 Å². The van der Waals surface area contributed by atoms with Crippen LogP contribution < -0.4 is 5.73 Å². The molecule has 20 heavy (non-hydrogen) atoms. The van der Waals surface area contributed by atoms with Crippen LogP contribution in [0.25, 0.3) is 10.1 Å². The molecule has 3 heteroatoms. The minimum Gasteiger partial charge on any atom is -0.329 e. The van der Waals surface area contributed by atoms with Gasteiger partial charge in [0.25, 0.3) is 0 Å². The van der Waals surface area contributed by atoms with Gasteiger partial charge in [0.05, 0.1) is 0 Å². The third kappa shape index (κ3) is 2.50. The van der Waals surface area contributed by atoms with E-state index in [1.807, 2.05) is 11.3 Å². The summed E-state index contributed by atoms with van der Waals surface area (Å²) in [5, 5.41) is 3.71. The molecule has 1 atom stereocenters. The van der Waals surface area contributed by atoms with E-state index in [0.717, 1.165) is 12.6 Å². The second-order valence-corrected chi connectivity index (χ2v) is 6.62. The first kappa shape index (κ1) is 14.1. The Morgan fingerprint density at radius 2 is 2.05 bits per heavy atom. The summed E-state index contributed by atoms with van der Waals surface area (Å²) < 4.78 is 1.38. The van der Waals surface area contributed by atoms with Crippen molar-refractivity contribution < 1.29 is 0 Å². The van der Waals surface area contributed by atoms with Gasteiger partial charge in [-0.05, 0) is 41.8 Å². The van der Waals surface area contributed by atoms with E-state index in [-0.39, 0.29) is 0 Å². The number of hydrogen-bond donors (Lipinski definition) is 1. The van der Waals surface area contributed by atoms with Crippen molar-refractivity contribution in [3.05, 3.63) is 35.2 Å². The first-order valence-electron chi connectivity index (χ1n) is 7.77. The zero-order valence-corrected chi connectivity index (χ0v) is 13.0. The van der Waals surface area contributed by atoms with Crippen LogP contribution in [0.1, 0.15) is 44.2 Å². The number of benzene rings is 1. The first-order valence-corrected chi connectivity index (χ1v) is 8.65. The van der Waals surface area contributed by atoms with Crippen LogP contribution in [0, 0.1) is 0 Å². The normalized spacial score (nSPS) is 18.1. The van der Waals surface area contributed by atoms with E-state index in [1.54, 1.807) is 0 Å². The average molecular weight is 288 g/mol. The van der Waals surface area contributed by atoms with Crippen LogP contribution in [0.2, 0.25) is 0 Å². The number of nitrogens with zero attached hydrogens (tertiary/aromatic N) is 1. The minimum atomic E-state index is 0.374. The maximum absolute atomic E-state index is 6.16. The number of thiophene rings is 1. The number of likely N-dealkylation sites (N-methyl/N-ethyl adjacent to an activating group) is 1. The largest absolute Gasteiger partial charge is 0.329 e. The predicted octanol–water partition coefficient (Wildman–Crippen LogP) is 4.17. The summed E-state index contributed by atoms with van der Waals surface area (Å²) in [6, 6.07) is 9.81. The third-order valence-corrected chi connectivity index (χ3v) is 5.63. The van der Waals surface area contributed by atoms with Gasteiger partial charge in [0, 0.05) is 23.3 Å². The number of hydrogen-bond acceptors (Lipinski definition) is 3. The van der Waals surface area contributed by atoms with Crippen LogP contribution in [0.15, 0.2) is 29.6 Å². The standard InChI is InChI=1S/C17H24N2S/c1-2-19(13-7-3-4-8-13)16(11-18)15-12-20-17-10-6-5-9-14(15)17/h5-6,9-10,12-13,16H,2-4,7-8,11,18H2,1H3. The van der Waals surface area contributed by atoms with Crippen molar-refractivity contribution in [1.82, 2.24) is 4.90 Å². The lowest BCUT2D eigenvalue weighted by Gasteiger charge is -2.35. The highest BCUT2D eigenvalue weighted by atomic mass is 32.1. The Labute approximate surface area is 125 Å². The molecule has 3 rings (SSSR count). The lowest BCUT2D eigenvalue weighted by Crippen LogP contribution is -2.40.